The largest absolute Gasteiger partial charge is 0.492 e. The van der Waals surface area contributed by atoms with E-state index < -0.39 is 10.0 Å². The fraction of sp³-hybridized carbons (Fsp3) is 0.409. The van der Waals surface area contributed by atoms with E-state index in [1.54, 1.807) is 19.1 Å². The monoisotopic (exact) mass is 528 g/mol. The first-order chi connectivity index (χ1) is 14.7. The zero-order valence-electron chi connectivity index (χ0n) is 17.5. The van der Waals surface area contributed by atoms with Crippen molar-refractivity contribution in [3.05, 3.63) is 57.5 Å². The molecule has 2 aromatic carbocycles. The van der Waals surface area contributed by atoms with Gasteiger partial charge in [0.1, 0.15) is 10.6 Å². The highest BCUT2D eigenvalue weighted by Crippen LogP contribution is 2.32. The molecular weight excluding hydrogens is 504 g/mol. The third-order valence-electron chi connectivity index (χ3n) is 5.38. The number of rotatable bonds is 7. The number of hydrogen-bond donors (Lipinski definition) is 1. The maximum Gasteiger partial charge on any atom is 0.246 e. The lowest BCUT2D eigenvalue weighted by atomic mass is 9.96. The van der Waals surface area contributed by atoms with E-state index in [1.165, 1.54) is 10.4 Å². The Morgan fingerprint density at radius 2 is 1.87 bits per heavy atom. The van der Waals surface area contributed by atoms with Crippen molar-refractivity contribution in [1.82, 2.24) is 9.62 Å². The predicted molar refractivity (Wildman–Crippen MR) is 125 cm³/mol. The van der Waals surface area contributed by atoms with Crippen molar-refractivity contribution in [1.29, 1.82) is 0 Å². The summed E-state index contributed by atoms with van der Waals surface area (Å²) in [4.78, 5) is 12.8. The number of nitrogens with one attached hydrogen (secondary N) is 1. The molecular formula is C22H26BrClN2O4S. The van der Waals surface area contributed by atoms with Crippen LogP contribution >= 0.6 is 27.5 Å². The SMILES string of the molecule is CCOc1ccc(Cl)cc1S(=O)(=O)N1CCC(C(=O)NC(C)c2ccc(Br)cc2)CC1. The summed E-state index contributed by atoms with van der Waals surface area (Å²) in [5.74, 6) is 0.00962. The third-order valence-corrected chi connectivity index (χ3v) is 8.06. The molecule has 1 N–H and O–H groups in total. The zero-order chi connectivity index (χ0) is 22.6. The lowest BCUT2D eigenvalue weighted by molar-refractivity contribution is -0.126. The molecule has 1 amide bonds. The molecule has 0 saturated carbocycles. The summed E-state index contributed by atoms with van der Waals surface area (Å²) in [7, 11) is -3.77. The maximum absolute atomic E-state index is 13.2. The van der Waals surface area contributed by atoms with Crippen LogP contribution in [-0.4, -0.2) is 38.3 Å². The molecule has 9 heteroatoms. The molecule has 1 fully saturated rings. The van der Waals surface area contributed by atoms with Gasteiger partial charge in [0.2, 0.25) is 15.9 Å². The summed E-state index contributed by atoms with van der Waals surface area (Å²) < 4.78 is 34.2. The van der Waals surface area contributed by atoms with E-state index >= 15 is 0 Å². The van der Waals surface area contributed by atoms with Crippen LogP contribution in [0.1, 0.15) is 38.3 Å². The van der Waals surface area contributed by atoms with Crippen LogP contribution in [-0.2, 0) is 14.8 Å². The smallest absolute Gasteiger partial charge is 0.246 e. The van der Waals surface area contributed by atoms with Crippen LogP contribution in [0.15, 0.2) is 51.8 Å². The van der Waals surface area contributed by atoms with Crippen LogP contribution in [0.5, 0.6) is 5.75 Å². The van der Waals surface area contributed by atoms with Gasteiger partial charge in [-0.2, -0.15) is 4.31 Å². The Morgan fingerprint density at radius 3 is 2.48 bits per heavy atom. The number of amides is 1. The van der Waals surface area contributed by atoms with Gasteiger partial charge in [-0.05, 0) is 62.6 Å². The molecule has 3 rings (SSSR count). The molecule has 1 unspecified atom stereocenters. The Morgan fingerprint density at radius 1 is 1.23 bits per heavy atom. The molecule has 0 aliphatic carbocycles. The van der Waals surface area contributed by atoms with E-state index in [-0.39, 0.29) is 41.6 Å². The van der Waals surface area contributed by atoms with Gasteiger partial charge in [-0.1, -0.05) is 39.7 Å². The molecule has 1 heterocycles. The van der Waals surface area contributed by atoms with Gasteiger partial charge in [0.15, 0.2) is 0 Å². The minimum Gasteiger partial charge on any atom is -0.492 e. The van der Waals surface area contributed by atoms with Crippen LogP contribution in [0.3, 0.4) is 0 Å². The third kappa shape index (κ3) is 5.80. The predicted octanol–water partition coefficient (Wildman–Crippen LogP) is 4.78. The number of carbonyl (C=O) groups is 1. The summed E-state index contributed by atoms with van der Waals surface area (Å²) in [5.41, 5.74) is 1.01. The van der Waals surface area contributed by atoms with E-state index in [2.05, 4.69) is 21.2 Å². The van der Waals surface area contributed by atoms with Crippen LogP contribution in [0.25, 0.3) is 0 Å². The van der Waals surface area contributed by atoms with Gasteiger partial charge < -0.3 is 10.1 Å². The summed E-state index contributed by atoms with van der Waals surface area (Å²) in [5, 5.41) is 3.38. The standard InChI is InChI=1S/C22H26BrClN2O4S/c1-3-30-20-9-8-19(24)14-21(20)31(28,29)26-12-10-17(11-13-26)22(27)25-15(2)16-4-6-18(23)7-5-16/h4-9,14-15,17H,3,10-13H2,1-2H3,(H,25,27). The van der Waals surface area contributed by atoms with E-state index in [9.17, 15) is 13.2 Å². The molecule has 31 heavy (non-hydrogen) atoms. The zero-order valence-corrected chi connectivity index (χ0v) is 20.6. The average molecular weight is 530 g/mol. The molecule has 0 radical (unpaired) electrons. The normalized spacial score (nSPS) is 16.6. The first kappa shape index (κ1) is 24.0. The fourth-order valence-corrected chi connectivity index (χ4v) is 5.75. The number of carbonyl (C=O) groups excluding carboxylic acids is 1. The van der Waals surface area contributed by atoms with Crippen LogP contribution in [0, 0.1) is 5.92 Å². The number of sulfonamides is 1. The number of piperidine rings is 1. The number of ether oxygens (including phenoxy) is 1. The second-order valence-corrected chi connectivity index (χ2v) is 10.7. The lowest BCUT2D eigenvalue weighted by Crippen LogP contribution is -2.43. The molecule has 1 saturated heterocycles. The second-order valence-electron chi connectivity index (χ2n) is 7.48. The van der Waals surface area contributed by atoms with Gasteiger partial charge in [0.05, 0.1) is 12.6 Å². The molecule has 0 spiro atoms. The Balaban J connectivity index is 1.64. The van der Waals surface area contributed by atoms with Gasteiger partial charge in [-0.3, -0.25) is 4.79 Å². The molecule has 1 aliphatic heterocycles. The fourth-order valence-electron chi connectivity index (χ4n) is 3.62. The molecule has 0 aromatic heterocycles. The number of benzene rings is 2. The minimum atomic E-state index is -3.77. The Hall–Kier alpha value is -1.61. The molecule has 0 bridgehead atoms. The first-order valence-corrected chi connectivity index (χ1v) is 12.8. The van der Waals surface area contributed by atoms with Crippen molar-refractivity contribution >= 4 is 43.5 Å². The Kier molecular flexibility index (Phi) is 8.02. The summed E-state index contributed by atoms with van der Waals surface area (Å²) >= 11 is 9.45. The first-order valence-electron chi connectivity index (χ1n) is 10.2. The topological polar surface area (TPSA) is 75.7 Å². The van der Waals surface area contributed by atoms with Gasteiger partial charge in [0, 0.05) is 28.5 Å². The van der Waals surface area contributed by atoms with Gasteiger partial charge >= 0.3 is 0 Å². The van der Waals surface area contributed by atoms with Crippen molar-refractivity contribution in [3.8, 4) is 5.75 Å². The summed E-state index contributed by atoms with van der Waals surface area (Å²) in [6.07, 6.45) is 0.922. The van der Waals surface area contributed by atoms with E-state index in [1.807, 2.05) is 31.2 Å². The van der Waals surface area contributed by atoms with Crippen molar-refractivity contribution in [2.24, 2.45) is 5.92 Å². The Bertz CT molecular complexity index is 1020. The highest BCUT2D eigenvalue weighted by molar-refractivity contribution is 9.10. The minimum absolute atomic E-state index is 0.0507. The molecule has 168 valence electrons. The van der Waals surface area contributed by atoms with Gasteiger partial charge in [-0.25, -0.2) is 8.42 Å². The molecule has 2 aromatic rings. The van der Waals surface area contributed by atoms with Crippen molar-refractivity contribution in [2.75, 3.05) is 19.7 Å². The highest BCUT2D eigenvalue weighted by atomic mass is 79.9. The van der Waals surface area contributed by atoms with Gasteiger partial charge in [0.25, 0.3) is 0 Å². The molecule has 1 aliphatic rings. The van der Waals surface area contributed by atoms with Crippen molar-refractivity contribution in [2.45, 2.75) is 37.6 Å². The Labute approximate surface area is 197 Å². The molecule has 1 atom stereocenters. The van der Waals surface area contributed by atoms with Crippen molar-refractivity contribution in [3.63, 3.8) is 0 Å². The summed E-state index contributed by atoms with van der Waals surface area (Å²) in [6.45, 7) is 4.62. The highest BCUT2D eigenvalue weighted by Gasteiger charge is 2.34. The van der Waals surface area contributed by atoms with E-state index in [0.717, 1.165) is 10.0 Å². The number of nitrogens with zero attached hydrogens (tertiary/aromatic N) is 1. The van der Waals surface area contributed by atoms with Crippen LogP contribution in [0.2, 0.25) is 5.02 Å². The maximum atomic E-state index is 13.2. The average Bonchev–Trinajstić information content (AvgIpc) is 2.75. The van der Waals surface area contributed by atoms with Gasteiger partial charge in [-0.15, -0.1) is 0 Å². The van der Waals surface area contributed by atoms with E-state index in [4.69, 9.17) is 16.3 Å². The molecule has 6 nitrogen and oxygen atoms in total. The van der Waals surface area contributed by atoms with Crippen LogP contribution in [0.4, 0.5) is 0 Å². The van der Waals surface area contributed by atoms with Crippen LogP contribution < -0.4 is 10.1 Å². The number of hydrogen-bond acceptors (Lipinski definition) is 4. The van der Waals surface area contributed by atoms with E-state index in [0.29, 0.717) is 24.5 Å². The second kappa shape index (κ2) is 10.3. The quantitative estimate of drug-likeness (QED) is 0.560. The lowest BCUT2D eigenvalue weighted by Gasteiger charge is -2.31. The van der Waals surface area contributed by atoms with Crippen molar-refractivity contribution < 1.29 is 17.9 Å². The number of halogens is 2. The summed E-state index contributed by atoms with van der Waals surface area (Å²) in [6, 6.07) is 12.3.